The van der Waals surface area contributed by atoms with Gasteiger partial charge in [0.25, 0.3) is 0 Å². The quantitative estimate of drug-likeness (QED) is 0.775. The maximum atomic E-state index is 4.53. The number of hydrogen-bond donors (Lipinski definition) is 2. The lowest BCUT2D eigenvalue weighted by Gasteiger charge is -2.22. The van der Waals surface area contributed by atoms with Crippen molar-refractivity contribution < 1.29 is 0 Å². The Hall–Kier alpha value is -1.92. The summed E-state index contributed by atoms with van der Waals surface area (Å²) in [7, 11) is 0. The van der Waals surface area contributed by atoms with Crippen molar-refractivity contribution in [3.8, 4) is 10.6 Å². The summed E-state index contributed by atoms with van der Waals surface area (Å²) < 4.78 is 0. The molecule has 1 fully saturated rings. The smallest absolute Gasteiger partial charge is 0.123 e. The zero-order valence-corrected chi connectivity index (χ0v) is 13.4. The zero-order chi connectivity index (χ0) is 14.9. The summed E-state index contributed by atoms with van der Waals surface area (Å²) >= 11 is 1.74. The molecule has 1 atom stereocenters. The van der Waals surface area contributed by atoms with Crippen molar-refractivity contribution in [2.24, 2.45) is 0 Å². The molecule has 0 amide bonds. The molecular formula is C16H19N5S. The third-order valence-corrected chi connectivity index (χ3v) is 5.15. The molecular weight excluding hydrogens is 294 g/mol. The van der Waals surface area contributed by atoms with E-state index >= 15 is 0 Å². The molecule has 0 saturated carbocycles. The Balaban J connectivity index is 1.57. The van der Waals surface area contributed by atoms with Crippen LogP contribution in [0.2, 0.25) is 0 Å². The van der Waals surface area contributed by atoms with Gasteiger partial charge in [0.15, 0.2) is 0 Å². The predicted octanol–water partition coefficient (Wildman–Crippen LogP) is 3.51. The molecule has 1 aliphatic heterocycles. The molecule has 0 aliphatic carbocycles. The molecule has 1 unspecified atom stereocenters. The van der Waals surface area contributed by atoms with E-state index in [1.807, 2.05) is 12.4 Å². The van der Waals surface area contributed by atoms with Crippen molar-refractivity contribution in [1.29, 1.82) is 0 Å². The van der Waals surface area contributed by atoms with E-state index in [2.05, 4.69) is 49.5 Å². The topological polar surface area (TPSA) is 60.6 Å². The lowest BCUT2D eigenvalue weighted by atomic mass is 10.1. The van der Waals surface area contributed by atoms with Crippen LogP contribution >= 0.6 is 11.3 Å². The molecule has 3 aromatic heterocycles. The van der Waals surface area contributed by atoms with E-state index in [0.717, 1.165) is 30.3 Å². The predicted molar refractivity (Wildman–Crippen MR) is 87.6 cm³/mol. The van der Waals surface area contributed by atoms with Crippen molar-refractivity contribution in [2.75, 3.05) is 6.54 Å². The highest BCUT2D eigenvalue weighted by Gasteiger charge is 2.29. The van der Waals surface area contributed by atoms with Crippen LogP contribution in [0, 0.1) is 6.92 Å². The highest BCUT2D eigenvalue weighted by Crippen LogP contribution is 2.33. The van der Waals surface area contributed by atoms with Crippen LogP contribution in [0.4, 0.5) is 0 Å². The number of nitrogens with one attached hydrogen (secondary N) is 2. The zero-order valence-electron chi connectivity index (χ0n) is 12.5. The summed E-state index contributed by atoms with van der Waals surface area (Å²) in [6, 6.07) is 4.60. The molecule has 4 heterocycles. The molecule has 2 N–H and O–H groups in total. The highest BCUT2D eigenvalue weighted by molar-refractivity contribution is 7.13. The van der Waals surface area contributed by atoms with Crippen molar-refractivity contribution in [3.63, 3.8) is 0 Å². The minimum Gasteiger partial charge on any atom is -0.345 e. The third-order valence-electron chi connectivity index (χ3n) is 4.26. The van der Waals surface area contributed by atoms with Gasteiger partial charge in [0.1, 0.15) is 5.82 Å². The molecule has 6 heteroatoms. The second kappa shape index (κ2) is 5.70. The maximum Gasteiger partial charge on any atom is 0.123 e. The number of aromatic amines is 2. The number of aryl methyl sites for hydroxylation is 1. The van der Waals surface area contributed by atoms with Gasteiger partial charge < -0.3 is 4.98 Å². The first-order valence-electron chi connectivity index (χ1n) is 7.63. The number of imidazole rings is 1. The fraction of sp³-hybridized carbons (Fsp3) is 0.375. The molecule has 1 saturated heterocycles. The normalized spacial score (nSPS) is 19.0. The fourth-order valence-electron chi connectivity index (χ4n) is 3.21. The van der Waals surface area contributed by atoms with Crippen LogP contribution in [-0.2, 0) is 6.54 Å². The van der Waals surface area contributed by atoms with Crippen molar-refractivity contribution in [2.45, 2.75) is 32.4 Å². The molecule has 3 aromatic rings. The molecule has 1 aliphatic rings. The van der Waals surface area contributed by atoms with E-state index in [9.17, 15) is 0 Å². The van der Waals surface area contributed by atoms with Gasteiger partial charge in [-0.3, -0.25) is 10.00 Å². The van der Waals surface area contributed by atoms with E-state index in [1.165, 1.54) is 23.3 Å². The highest BCUT2D eigenvalue weighted by atomic mass is 32.1. The number of aromatic nitrogens is 4. The summed E-state index contributed by atoms with van der Waals surface area (Å²) in [5.74, 6) is 1.09. The second-order valence-electron chi connectivity index (χ2n) is 5.83. The molecule has 5 nitrogen and oxygen atoms in total. The molecule has 22 heavy (non-hydrogen) atoms. The first-order chi connectivity index (χ1) is 10.8. The monoisotopic (exact) mass is 313 g/mol. The van der Waals surface area contributed by atoms with E-state index in [0.29, 0.717) is 6.04 Å². The Kier molecular flexibility index (Phi) is 3.56. The van der Waals surface area contributed by atoms with Crippen LogP contribution in [0.3, 0.4) is 0 Å². The Labute approximate surface area is 133 Å². The number of thiophene rings is 1. The summed E-state index contributed by atoms with van der Waals surface area (Å²) in [4.78, 5) is 11.7. The number of nitrogens with zero attached hydrogens (tertiary/aromatic N) is 3. The van der Waals surface area contributed by atoms with Crippen molar-refractivity contribution >= 4 is 11.3 Å². The van der Waals surface area contributed by atoms with Crippen molar-refractivity contribution in [1.82, 2.24) is 25.1 Å². The number of rotatable bonds is 4. The van der Waals surface area contributed by atoms with Gasteiger partial charge in [-0.25, -0.2) is 4.98 Å². The van der Waals surface area contributed by atoms with Gasteiger partial charge in [0, 0.05) is 24.0 Å². The molecule has 0 bridgehead atoms. The Bertz CT molecular complexity index is 742. The Morgan fingerprint density at radius 2 is 2.36 bits per heavy atom. The van der Waals surface area contributed by atoms with Crippen LogP contribution in [0.15, 0.2) is 29.9 Å². The van der Waals surface area contributed by atoms with Gasteiger partial charge in [-0.1, -0.05) is 6.07 Å². The van der Waals surface area contributed by atoms with Crippen molar-refractivity contribution in [3.05, 3.63) is 47.0 Å². The second-order valence-corrected chi connectivity index (χ2v) is 6.78. The van der Waals surface area contributed by atoms with Gasteiger partial charge in [-0.2, -0.15) is 5.10 Å². The largest absolute Gasteiger partial charge is 0.345 e. The third kappa shape index (κ3) is 2.48. The SMILES string of the molecule is Cc1cnc(C2CCCN2Cc2cn[nH]c2-c2cccs2)[nH]1. The van der Waals surface area contributed by atoms with Gasteiger partial charge in [0.2, 0.25) is 0 Å². The van der Waals surface area contributed by atoms with Crippen LogP contribution < -0.4 is 0 Å². The van der Waals surface area contributed by atoms with Crippen LogP contribution in [0.25, 0.3) is 10.6 Å². The molecule has 114 valence electrons. The summed E-state index contributed by atoms with van der Waals surface area (Å²) in [6.07, 6.45) is 6.26. The summed E-state index contributed by atoms with van der Waals surface area (Å²) in [6.45, 7) is 4.08. The Morgan fingerprint density at radius 1 is 1.41 bits per heavy atom. The van der Waals surface area contributed by atoms with E-state index in [-0.39, 0.29) is 0 Å². The molecule has 0 radical (unpaired) electrons. The van der Waals surface area contributed by atoms with E-state index in [1.54, 1.807) is 11.3 Å². The summed E-state index contributed by atoms with van der Waals surface area (Å²) in [5, 5.41) is 9.51. The number of likely N-dealkylation sites (tertiary alicyclic amines) is 1. The van der Waals surface area contributed by atoms with Crippen LogP contribution in [-0.4, -0.2) is 31.6 Å². The first kappa shape index (κ1) is 13.7. The number of H-pyrrole nitrogens is 2. The fourth-order valence-corrected chi connectivity index (χ4v) is 3.97. The van der Waals surface area contributed by atoms with Gasteiger partial charge in [-0.15, -0.1) is 11.3 Å². The van der Waals surface area contributed by atoms with Crippen LogP contribution in [0.1, 0.15) is 36.0 Å². The summed E-state index contributed by atoms with van der Waals surface area (Å²) in [5.41, 5.74) is 3.54. The maximum absolute atomic E-state index is 4.53. The molecule has 0 aromatic carbocycles. The van der Waals surface area contributed by atoms with E-state index < -0.39 is 0 Å². The lowest BCUT2D eigenvalue weighted by molar-refractivity contribution is 0.241. The average molecular weight is 313 g/mol. The van der Waals surface area contributed by atoms with Gasteiger partial charge in [0.05, 0.1) is 22.8 Å². The minimum absolute atomic E-state index is 0.389. The lowest BCUT2D eigenvalue weighted by Crippen LogP contribution is -2.23. The van der Waals surface area contributed by atoms with Gasteiger partial charge >= 0.3 is 0 Å². The van der Waals surface area contributed by atoms with Crippen LogP contribution in [0.5, 0.6) is 0 Å². The standard InChI is InChI=1S/C16H19N5S/c1-11-8-17-16(19-11)13-4-2-6-21(13)10-12-9-18-20-15(12)14-5-3-7-22-14/h3,5,7-9,13H,2,4,6,10H2,1H3,(H,17,19)(H,18,20). The number of hydrogen-bond acceptors (Lipinski definition) is 4. The van der Waals surface area contributed by atoms with E-state index in [4.69, 9.17) is 0 Å². The molecule has 0 spiro atoms. The Morgan fingerprint density at radius 3 is 3.14 bits per heavy atom. The van der Waals surface area contributed by atoms with Gasteiger partial charge in [-0.05, 0) is 37.8 Å². The first-order valence-corrected chi connectivity index (χ1v) is 8.51. The average Bonchev–Trinajstić information content (AvgIpc) is 3.25. The minimum atomic E-state index is 0.389. The molecule has 4 rings (SSSR count).